The molecule has 2 aromatic rings. The van der Waals surface area contributed by atoms with Crippen molar-refractivity contribution in [3.63, 3.8) is 0 Å². The molecule has 0 amide bonds. The number of aromatic amines is 1. The van der Waals surface area contributed by atoms with Crippen LogP contribution in [0.4, 0.5) is 0 Å². The van der Waals surface area contributed by atoms with Gasteiger partial charge in [0.25, 0.3) is 0 Å². The fraction of sp³-hybridized carbons (Fsp3) is 0. The highest BCUT2D eigenvalue weighted by Crippen LogP contribution is 2.27. The van der Waals surface area contributed by atoms with E-state index in [2.05, 4.69) is 27.6 Å². The molecule has 1 nitrogen and oxygen atoms in total. The Morgan fingerprint density at radius 2 is 2.18 bits per heavy atom. The van der Waals surface area contributed by atoms with E-state index in [9.17, 15) is 0 Å². The number of nitrogens with one attached hydrogen (secondary N) is 1. The van der Waals surface area contributed by atoms with Crippen LogP contribution in [0.2, 0.25) is 5.02 Å². The second kappa shape index (κ2) is 2.68. The molecule has 1 heterocycles. The molecule has 0 atom stereocenters. The predicted molar refractivity (Wildman–Crippen MR) is 56.0 cm³/mol. The highest BCUT2D eigenvalue weighted by atomic mass is 127. The maximum Gasteiger partial charge on any atom is 0.0669 e. The summed E-state index contributed by atoms with van der Waals surface area (Å²) in [5.74, 6) is 0. The summed E-state index contributed by atoms with van der Waals surface area (Å²) in [7, 11) is 0. The van der Waals surface area contributed by atoms with Crippen molar-refractivity contribution in [3.05, 3.63) is 33.0 Å². The van der Waals surface area contributed by atoms with Crippen LogP contribution in [0.15, 0.2) is 24.4 Å². The van der Waals surface area contributed by atoms with E-state index in [4.69, 9.17) is 11.6 Å². The number of rotatable bonds is 0. The lowest BCUT2D eigenvalue weighted by molar-refractivity contribution is 1.48. The van der Waals surface area contributed by atoms with E-state index in [0.717, 1.165) is 15.9 Å². The van der Waals surface area contributed by atoms with Gasteiger partial charge >= 0.3 is 0 Å². The van der Waals surface area contributed by atoms with Crippen molar-refractivity contribution in [2.45, 2.75) is 0 Å². The number of H-pyrrole nitrogens is 1. The first-order valence-electron chi connectivity index (χ1n) is 3.20. The number of hydrogen-bond donors (Lipinski definition) is 1. The summed E-state index contributed by atoms with van der Waals surface area (Å²) < 4.78 is 1.19. The molecule has 0 spiro atoms. The monoisotopic (exact) mass is 277 g/mol. The molecule has 0 aliphatic heterocycles. The summed E-state index contributed by atoms with van der Waals surface area (Å²) in [6, 6.07) is 6.07. The molecule has 3 heteroatoms. The standard InChI is InChI=1S/C8H5ClIN/c9-5-4-11-7-3-1-2-6(10)8(5)7/h1-4,11H. The first kappa shape index (κ1) is 7.43. The van der Waals surface area contributed by atoms with Gasteiger partial charge < -0.3 is 4.98 Å². The second-order valence-electron chi connectivity index (χ2n) is 2.30. The van der Waals surface area contributed by atoms with Crippen molar-refractivity contribution in [2.24, 2.45) is 0 Å². The van der Waals surface area contributed by atoms with E-state index in [1.165, 1.54) is 3.57 Å². The number of aromatic nitrogens is 1. The van der Waals surface area contributed by atoms with Gasteiger partial charge in [-0.1, -0.05) is 17.7 Å². The zero-order valence-corrected chi connectivity index (χ0v) is 8.48. The van der Waals surface area contributed by atoms with Crippen molar-refractivity contribution in [3.8, 4) is 0 Å². The van der Waals surface area contributed by atoms with E-state index in [1.54, 1.807) is 0 Å². The quantitative estimate of drug-likeness (QED) is 0.710. The molecule has 0 fully saturated rings. The van der Waals surface area contributed by atoms with Gasteiger partial charge in [0.05, 0.1) is 5.02 Å². The van der Waals surface area contributed by atoms with Crippen LogP contribution in [0.3, 0.4) is 0 Å². The summed E-state index contributed by atoms with van der Waals surface area (Å²) in [5.41, 5.74) is 1.10. The summed E-state index contributed by atoms with van der Waals surface area (Å²) in [6.07, 6.45) is 1.81. The molecule has 0 bridgehead atoms. The smallest absolute Gasteiger partial charge is 0.0669 e. The zero-order chi connectivity index (χ0) is 7.84. The third kappa shape index (κ3) is 1.14. The van der Waals surface area contributed by atoms with Gasteiger partial charge in [0.2, 0.25) is 0 Å². The molecule has 11 heavy (non-hydrogen) atoms. The molecule has 0 saturated heterocycles. The third-order valence-electron chi connectivity index (χ3n) is 1.61. The van der Waals surface area contributed by atoms with Crippen molar-refractivity contribution in [1.82, 2.24) is 4.98 Å². The van der Waals surface area contributed by atoms with Crippen molar-refractivity contribution >= 4 is 45.1 Å². The fourth-order valence-electron chi connectivity index (χ4n) is 1.10. The number of fused-ring (bicyclic) bond motifs is 1. The van der Waals surface area contributed by atoms with Crippen LogP contribution in [-0.2, 0) is 0 Å². The zero-order valence-electron chi connectivity index (χ0n) is 5.57. The molecular weight excluding hydrogens is 272 g/mol. The maximum absolute atomic E-state index is 5.94. The van der Waals surface area contributed by atoms with Crippen LogP contribution in [0, 0.1) is 3.57 Å². The van der Waals surface area contributed by atoms with Crippen molar-refractivity contribution in [2.75, 3.05) is 0 Å². The molecule has 0 saturated carbocycles. The predicted octanol–water partition coefficient (Wildman–Crippen LogP) is 3.43. The van der Waals surface area contributed by atoms with Crippen LogP contribution in [0.25, 0.3) is 10.9 Å². The van der Waals surface area contributed by atoms with Crippen LogP contribution >= 0.6 is 34.2 Å². The summed E-state index contributed by atoms with van der Waals surface area (Å²) in [6.45, 7) is 0. The van der Waals surface area contributed by atoms with Gasteiger partial charge in [0.15, 0.2) is 0 Å². The molecule has 0 unspecified atom stereocenters. The minimum absolute atomic E-state index is 0.796. The fourth-order valence-corrected chi connectivity index (χ4v) is 2.31. The van der Waals surface area contributed by atoms with E-state index >= 15 is 0 Å². The molecule has 1 aromatic heterocycles. The van der Waals surface area contributed by atoms with Gasteiger partial charge in [-0.15, -0.1) is 0 Å². The lowest BCUT2D eigenvalue weighted by Gasteiger charge is -1.92. The van der Waals surface area contributed by atoms with Gasteiger partial charge in [-0.25, -0.2) is 0 Å². The van der Waals surface area contributed by atoms with E-state index in [1.807, 2.05) is 24.4 Å². The lowest BCUT2D eigenvalue weighted by Crippen LogP contribution is -1.71. The van der Waals surface area contributed by atoms with E-state index < -0.39 is 0 Å². The van der Waals surface area contributed by atoms with Gasteiger partial charge in [-0.05, 0) is 34.7 Å². The summed E-state index contributed by atoms with van der Waals surface area (Å²) in [5, 5.41) is 1.92. The molecule has 1 N–H and O–H groups in total. The highest BCUT2D eigenvalue weighted by molar-refractivity contribution is 14.1. The summed E-state index contributed by atoms with van der Waals surface area (Å²) in [4.78, 5) is 3.09. The molecular formula is C8H5ClIN. The maximum atomic E-state index is 5.94. The number of hydrogen-bond acceptors (Lipinski definition) is 0. The lowest BCUT2D eigenvalue weighted by atomic mass is 10.2. The summed E-state index contributed by atoms with van der Waals surface area (Å²) >= 11 is 8.22. The SMILES string of the molecule is Clc1c[nH]c2cccc(I)c12. The van der Waals surface area contributed by atoms with Crippen molar-refractivity contribution < 1.29 is 0 Å². The minimum atomic E-state index is 0.796. The van der Waals surface area contributed by atoms with Gasteiger partial charge in [0, 0.05) is 20.7 Å². The molecule has 0 aliphatic carbocycles. The average molecular weight is 277 g/mol. The Kier molecular flexibility index (Phi) is 1.81. The third-order valence-corrected chi connectivity index (χ3v) is 2.80. The second-order valence-corrected chi connectivity index (χ2v) is 3.87. The largest absolute Gasteiger partial charge is 0.360 e. The van der Waals surface area contributed by atoms with Gasteiger partial charge in [-0.2, -0.15) is 0 Å². The molecule has 2 rings (SSSR count). The van der Waals surface area contributed by atoms with Crippen LogP contribution in [0.1, 0.15) is 0 Å². The topological polar surface area (TPSA) is 15.8 Å². The molecule has 1 aromatic carbocycles. The first-order valence-corrected chi connectivity index (χ1v) is 4.66. The van der Waals surface area contributed by atoms with E-state index in [-0.39, 0.29) is 0 Å². The van der Waals surface area contributed by atoms with Crippen LogP contribution < -0.4 is 0 Å². The number of halogens is 2. The molecule has 0 aliphatic rings. The Morgan fingerprint density at radius 1 is 1.36 bits per heavy atom. The molecule has 0 radical (unpaired) electrons. The minimum Gasteiger partial charge on any atom is -0.360 e. The normalized spacial score (nSPS) is 10.7. The van der Waals surface area contributed by atoms with Crippen LogP contribution in [-0.4, -0.2) is 4.98 Å². The Bertz CT molecular complexity index is 394. The van der Waals surface area contributed by atoms with Gasteiger partial charge in [-0.3, -0.25) is 0 Å². The van der Waals surface area contributed by atoms with Gasteiger partial charge in [0.1, 0.15) is 0 Å². The first-order chi connectivity index (χ1) is 5.29. The van der Waals surface area contributed by atoms with Crippen LogP contribution in [0.5, 0.6) is 0 Å². The average Bonchev–Trinajstić information content (AvgIpc) is 2.34. The van der Waals surface area contributed by atoms with E-state index in [0.29, 0.717) is 0 Å². The number of benzene rings is 1. The Balaban J connectivity index is 2.96. The Hall–Kier alpha value is -0.220. The van der Waals surface area contributed by atoms with Crippen molar-refractivity contribution in [1.29, 1.82) is 0 Å². The molecule has 56 valence electrons. The Labute approximate surface area is 82.9 Å². The highest BCUT2D eigenvalue weighted by Gasteiger charge is 2.02. The Morgan fingerprint density at radius 3 is 2.91 bits per heavy atom.